The summed E-state index contributed by atoms with van der Waals surface area (Å²) < 4.78 is 0. The summed E-state index contributed by atoms with van der Waals surface area (Å²) in [6.45, 7) is 13.1. The summed E-state index contributed by atoms with van der Waals surface area (Å²) >= 11 is 1.89. The standard InChI is InChI=1S/C14H34N4S/c1-13(2)17-9-7-15-6-5-14(3)18-10-8-16-11-12-19-4/h13-18H,5-12H2,1-4H3. The van der Waals surface area contributed by atoms with Crippen molar-refractivity contribution in [3.8, 4) is 0 Å². The van der Waals surface area contributed by atoms with E-state index in [1.165, 1.54) is 12.2 Å². The highest BCUT2D eigenvalue weighted by Gasteiger charge is 2.00. The molecule has 0 aromatic carbocycles. The average molecular weight is 291 g/mol. The quantitative estimate of drug-likeness (QED) is 0.358. The summed E-state index contributed by atoms with van der Waals surface area (Å²) in [7, 11) is 0. The molecular weight excluding hydrogens is 256 g/mol. The molecule has 1 atom stereocenters. The average Bonchev–Trinajstić information content (AvgIpc) is 2.37. The van der Waals surface area contributed by atoms with Gasteiger partial charge in [-0.1, -0.05) is 13.8 Å². The Hall–Kier alpha value is 0.190. The molecule has 4 N–H and O–H groups in total. The molecular formula is C14H34N4S. The van der Waals surface area contributed by atoms with Gasteiger partial charge in [-0.25, -0.2) is 0 Å². The Morgan fingerprint density at radius 2 is 1.42 bits per heavy atom. The van der Waals surface area contributed by atoms with E-state index in [4.69, 9.17) is 0 Å². The zero-order valence-corrected chi connectivity index (χ0v) is 14.0. The minimum Gasteiger partial charge on any atom is -0.315 e. The second-order valence-corrected chi connectivity index (χ2v) is 6.23. The van der Waals surface area contributed by atoms with Crippen LogP contribution in [-0.2, 0) is 0 Å². The van der Waals surface area contributed by atoms with Crippen LogP contribution in [-0.4, -0.2) is 63.4 Å². The van der Waals surface area contributed by atoms with Gasteiger partial charge in [0.15, 0.2) is 0 Å². The van der Waals surface area contributed by atoms with E-state index in [1.807, 2.05) is 11.8 Å². The molecule has 0 saturated carbocycles. The lowest BCUT2D eigenvalue weighted by Gasteiger charge is -2.15. The highest BCUT2D eigenvalue weighted by Crippen LogP contribution is 1.88. The third kappa shape index (κ3) is 16.1. The first-order valence-corrected chi connectivity index (χ1v) is 8.93. The van der Waals surface area contributed by atoms with Gasteiger partial charge in [0.1, 0.15) is 0 Å². The van der Waals surface area contributed by atoms with Crippen molar-refractivity contribution in [1.29, 1.82) is 0 Å². The summed E-state index contributed by atoms with van der Waals surface area (Å²) in [5.74, 6) is 1.20. The zero-order valence-electron chi connectivity index (χ0n) is 13.2. The van der Waals surface area contributed by atoms with Gasteiger partial charge in [0.05, 0.1) is 0 Å². The van der Waals surface area contributed by atoms with Crippen LogP contribution in [0.1, 0.15) is 27.2 Å². The summed E-state index contributed by atoms with van der Waals surface area (Å²) in [6.07, 6.45) is 3.33. The lowest BCUT2D eigenvalue weighted by atomic mass is 10.2. The van der Waals surface area contributed by atoms with Crippen molar-refractivity contribution < 1.29 is 0 Å². The number of nitrogens with one attached hydrogen (secondary N) is 4. The van der Waals surface area contributed by atoms with Gasteiger partial charge in [-0.2, -0.15) is 11.8 Å². The molecule has 0 fully saturated rings. The molecule has 0 bridgehead atoms. The minimum absolute atomic E-state index is 0.584. The van der Waals surface area contributed by atoms with E-state index < -0.39 is 0 Å². The van der Waals surface area contributed by atoms with Crippen molar-refractivity contribution in [2.75, 3.05) is 51.3 Å². The van der Waals surface area contributed by atoms with Crippen LogP contribution in [0.25, 0.3) is 0 Å². The van der Waals surface area contributed by atoms with Crippen LogP contribution in [0.15, 0.2) is 0 Å². The van der Waals surface area contributed by atoms with Crippen molar-refractivity contribution in [3.05, 3.63) is 0 Å². The molecule has 0 amide bonds. The van der Waals surface area contributed by atoms with E-state index in [9.17, 15) is 0 Å². The summed E-state index contributed by atoms with van der Waals surface area (Å²) in [4.78, 5) is 0. The molecule has 116 valence electrons. The first-order valence-electron chi connectivity index (χ1n) is 7.54. The molecule has 19 heavy (non-hydrogen) atoms. The monoisotopic (exact) mass is 290 g/mol. The second kappa shape index (κ2) is 14.6. The molecule has 0 rings (SSSR count). The normalized spacial score (nSPS) is 13.1. The van der Waals surface area contributed by atoms with Crippen molar-refractivity contribution in [2.45, 2.75) is 39.3 Å². The van der Waals surface area contributed by atoms with Gasteiger partial charge in [-0.05, 0) is 26.1 Å². The van der Waals surface area contributed by atoms with E-state index in [-0.39, 0.29) is 0 Å². The number of hydrogen-bond donors (Lipinski definition) is 4. The highest BCUT2D eigenvalue weighted by molar-refractivity contribution is 7.98. The molecule has 0 aromatic heterocycles. The van der Waals surface area contributed by atoms with Gasteiger partial charge in [0, 0.05) is 50.6 Å². The van der Waals surface area contributed by atoms with E-state index in [2.05, 4.69) is 48.3 Å². The largest absolute Gasteiger partial charge is 0.315 e. The molecule has 0 aromatic rings. The molecule has 0 aliphatic heterocycles. The number of hydrogen-bond acceptors (Lipinski definition) is 5. The molecule has 0 aliphatic carbocycles. The molecule has 0 spiro atoms. The Morgan fingerprint density at radius 3 is 2.05 bits per heavy atom. The molecule has 0 saturated heterocycles. The van der Waals surface area contributed by atoms with Crippen LogP contribution in [0, 0.1) is 0 Å². The van der Waals surface area contributed by atoms with Gasteiger partial charge in [-0.3, -0.25) is 0 Å². The lowest BCUT2D eigenvalue weighted by molar-refractivity contribution is 0.479. The fourth-order valence-corrected chi connectivity index (χ4v) is 2.05. The molecule has 5 heteroatoms. The molecule has 0 heterocycles. The van der Waals surface area contributed by atoms with Crippen molar-refractivity contribution in [1.82, 2.24) is 21.3 Å². The van der Waals surface area contributed by atoms with E-state index in [0.717, 1.165) is 39.3 Å². The van der Waals surface area contributed by atoms with Crippen LogP contribution >= 0.6 is 11.8 Å². The van der Waals surface area contributed by atoms with Crippen LogP contribution in [0.5, 0.6) is 0 Å². The summed E-state index contributed by atoms with van der Waals surface area (Å²) in [6, 6.07) is 1.17. The van der Waals surface area contributed by atoms with Crippen LogP contribution < -0.4 is 21.3 Å². The molecule has 0 aliphatic rings. The maximum atomic E-state index is 3.54. The maximum absolute atomic E-state index is 3.54. The molecule has 4 nitrogen and oxygen atoms in total. The predicted octanol–water partition coefficient (Wildman–Crippen LogP) is 0.895. The highest BCUT2D eigenvalue weighted by atomic mass is 32.2. The van der Waals surface area contributed by atoms with Gasteiger partial charge in [0.2, 0.25) is 0 Å². The van der Waals surface area contributed by atoms with E-state index >= 15 is 0 Å². The van der Waals surface area contributed by atoms with Crippen LogP contribution in [0.2, 0.25) is 0 Å². The summed E-state index contributed by atoms with van der Waals surface area (Å²) in [5, 5.41) is 13.8. The zero-order chi connectivity index (χ0) is 14.3. The van der Waals surface area contributed by atoms with Gasteiger partial charge in [0.25, 0.3) is 0 Å². The minimum atomic E-state index is 0.584. The van der Waals surface area contributed by atoms with E-state index in [1.54, 1.807) is 0 Å². The Balaban J connectivity index is 3.14. The Bertz CT molecular complexity index is 179. The van der Waals surface area contributed by atoms with Crippen LogP contribution in [0.3, 0.4) is 0 Å². The fraction of sp³-hybridized carbons (Fsp3) is 1.00. The third-order valence-corrected chi connectivity index (χ3v) is 3.50. The summed E-state index contributed by atoms with van der Waals surface area (Å²) in [5.41, 5.74) is 0. The van der Waals surface area contributed by atoms with E-state index in [0.29, 0.717) is 12.1 Å². The predicted molar refractivity (Wildman–Crippen MR) is 89.3 cm³/mol. The molecule has 1 unspecified atom stereocenters. The molecule has 0 radical (unpaired) electrons. The lowest BCUT2D eigenvalue weighted by Crippen LogP contribution is -2.37. The van der Waals surface area contributed by atoms with Gasteiger partial charge < -0.3 is 21.3 Å². The van der Waals surface area contributed by atoms with Crippen molar-refractivity contribution in [2.24, 2.45) is 0 Å². The second-order valence-electron chi connectivity index (χ2n) is 5.25. The fourth-order valence-electron chi connectivity index (χ4n) is 1.70. The SMILES string of the molecule is CSCCNCCNC(C)CCNCCNC(C)C. The maximum Gasteiger partial charge on any atom is 0.00792 e. The smallest absolute Gasteiger partial charge is 0.00792 e. The van der Waals surface area contributed by atoms with Crippen molar-refractivity contribution in [3.63, 3.8) is 0 Å². The van der Waals surface area contributed by atoms with Gasteiger partial charge in [-0.15, -0.1) is 0 Å². The third-order valence-electron chi connectivity index (χ3n) is 2.89. The Morgan fingerprint density at radius 1 is 0.789 bits per heavy atom. The first-order chi connectivity index (χ1) is 9.16. The Labute approximate surface area is 124 Å². The topological polar surface area (TPSA) is 48.1 Å². The van der Waals surface area contributed by atoms with Crippen LogP contribution in [0.4, 0.5) is 0 Å². The van der Waals surface area contributed by atoms with Crippen molar-refractivity contribution >= 4 is 11.8 Å². The Kier molecular flexibility index (Phi) is 14.7. The first kappa shape index (κ1) is 19.2. The number of rotatable bonds is 14. The number of thioether (sulfide) groups is 1. The van der Waals surface area contributed by atoms with Gasteiger partial charge >= 0.3 is 0 Å².